The molecule has 0 aromatic heterocycles. The van der Waals surface area contributed by atoms with Gasteiger partial charge >= 0.3 is 0 Å². The highest BCUT2D eigenvalue weighted by Gasteiger charge is 2.22. The van der Waals surface area contributed by atoms with Gasteiger partial charge in [-0.15, -0.1) is 0 Å². The Morgan fingerprint density at radius 2 is 2.00 bits per heavy atom. The van der Waals surface area contributed by atoms with Crippen LogP contribution in [0.2, 0.25) is 0 Å². The van der Waals surface area contributed by atoms with Crippen molar-refractivity contribution in [2.75, 3.05) is 26.7 Å². The monoisotopic (exact) mass is 279 g/mol. The molecular formula is C17H33N3. The second kappa shape index (κ2) is 9.37. The van der Waals surface area contributed by atoms with E-state index < -0.39 is 0 Å². The summed E-state index contributed by atoms with van der Waals surface area (Å²) in [6, 6.07) is 2.44. The minimum atomic E-state index is -0.333. The van der Waals surface area contributed by atoms with Crippen molar-refractivity contribution in [3.63, 3.8) is 0 Å². The standard InChI is InChI=1S/C17H33N3/c1-4-12-19-17(2,15-18)11-7-8-13-20(3)14-16-9-5-6-10-16/h16,19H,4-14H2,1-3H3. The summed E-state index contributed by atoms with van der Waals surface area (Å²) in [5, 5.41) is 12.7. The zero-order valence-electron chi connectivity index (χ0n) is 13.7. The fraction of sp³-hybridized carbons (Fsp3) is 0.941. The normalized spacial score (nSPS) is 19.1. The quantitative estimate of drug-likeness (QED) is 0.621. The lowest BCUT2D eigenvalue weighted by Gasteiger charge is -2.24. The summed E-state index contributed by atoms with van der Waals surface area (Å²) < 4.78 is 0. The molecule has 0 aliphatic heterocycles. The van der Waals surface area contributed by atoms with Gasteiger partial charge in [-0.25, -0.2) is 0 Å². The van der Waals surface area contributed by atoms with Crippen molar-refractivity contribution >= 4 is 0 Å². The minimum Gasteiger partial charge on any atom is -0.306 e. The Labute approximate surface area is 125 Å². The highest BCUT2D eigenvalue weighted by molar-refractivity contribution is 5.03. The van der Waals surface area contributed by atoms with Crippen molar-refractivity contribution < 1.29 is 0 Å². The molecular weight excluding hydrogens is 246 g/mol. The Morgan fingerprint density at radius 3 is 2.60 bits per heavy atom. The minimum absolute atomic E-state index is 0.333. The molecule has 1 fully saturated rings. The molecule has 0 heterocycles. The van der Waals surface area contributed by atoms with Crippen LogP contribution in [0.15, 0.2) is 0 Å². The summed E-state index contributed by atoms with van der Waals surface area (Å²) in [6.07, 6.45) is 10.1. The van der Waals surface area contributed by atoms with Crippen LogP contribution in [0.4, 0.5) is 0 Å². The number of hydrogen-bond acceptors (Lipinski definition) is 3. The topological polar surface area (TPSA) is 39.1 Å². The fourth-order valence-corrected chi connectivity index (χ4v) is 3.17. The number of nitriles is 1. The second-order valence-corrected chi connectivity index (χ2v) is 6.74. The molecule has 1 aliphatic rings. The first-order valence-corrected chi connectivity index (χ1v) is 8.44. The van der Waals surface area contributed by atoms with E-state index in [1.54, 1.807) is 0 Å². The Bertz CT molecular complexity index is 291. The molecule has 0 amide bonds. The SMILES string of the molecule is CCCNC(C)(C#N)CCCCN(C)CC1CCCC1. The van der Waals surface area contributed by atoms with E-state index >= 15 is 0 Å². The maximum atomic E-state index is 9.29. The summed E-state index contributed by atoms with van der Waals surface area (Å²) in [5.74, 6) is 0.940. The van der Waals surface area contributed by atoms with Crippen LogP contribution in [0.3, 0.4) is 0 Å². The average Bonchev–Trinajstić information content (AvgIpc) is 2.94. The molecule has 0 spiro atoms. The zero-order chi connectivity index (χ0) is 14.8. The third kappa shape index (κ3) is 6.72. The van der Waals surface area contributed by atoms with Gasteiger partial charge in [0.05, 0.1) is 6.07 Å². The van der Waals surface area contributed by atoms with Crippen molar-refractivity contribution in [1.29, 1.82) is 5.26 Å². The molecule has 3 heteroatoms. The van der Waals surface area contributed by atoms with Crippen LogP contribution in [0.25, 0.3) is 0 Å². The van der Waals surface area contributed by atoms with Gasteiger partial charge in [0.1, 0.15) is 5.54 Å². The first-order valence-electron chi connectivity index (χ1n) is 8.44. The predicted octanol–water partition coefficient (Wildman–Crippen LogP) is 3.56. The van der Waals surface area contributed by atoms with E-state index in [0.717, 1.165) is 31.7 Å². The molecule has 3 nitrogen and oxygen atoms in total. The van der Waals surface area contributed by atoms with Gasteiger partial charge in [-0.3, -0.25) is 5.32 Å². The third-order valence-electron chi connectivity index (χ3n) is 4.52. The van der Waals surface area contributed by atoms with Crippen molar-refractivity contribution in [2.24, 2.45) is 5.92 Å². The molecule has 1 saturated carbocycles. The lowest BCUT2D eigenvalue weighted by atomic mass is 9.96. The Morgan fingerprint density at radius 1 is 1.30 bits per heavy atom. The fourth-order valence-electron chi connectivity index (χ4n) is 3.17. The second-order valence-electron chi connectivity index (χ2n) is 6.74. The van der Waals surface area contributed by atoms with Crippen LogP contribution in [0, 0.1) is 17.2 Å². The Hall–Kier alpha value is -0.590. The van der Waals surface area contributed by atoms with Crippen LogP contribution in [0.5, 0.6) is 0 Å². The van der Waals surface area contributed by atoms with Crippen LogP contribution < -0.4 is 5.32 Å². The summed E-state index contributed by atoms with van der Waals surface area (Å²) in [5.41, 5.74) is -0.333. The van der Waals surface area contributed by atoms with Gasteiger partial charge in [-0.2, -0.15) is 5.26 Å². The van der Waals surface area contributed by atoms with Gasteiger partial charge < -0.3 is 4.90 Å². The van der Waals surface area contributed by atoms with Crippen LogP contribution >= 0.6 is 0 Å². The van der Waals surface area contributed by atoms with E-state index in [9.17, 15) is 5.26 Å². The van der Waals surface area contributed by atoms with E-state index in [2.05, 4.69) is 30.3 Å². The molecule has 1 aliphatic carbocycles. The van der Waals surface area contributed by atoms with E-state index in [4.69, 9.17) is 0 Å². The highest BCUT2D eigenvalue weighted by Crippen LogP contribution is 2.25. The first kappa shape index (κ1) is 17.5. The molecule has 0 saturated heterocycles. The van der Waals surface area contributed by atoms with Gasteiger partial charge in [0.25, 0.3) is 0 Å². The van der Waals surface area contributed by atoms with E-state index in [1.165, 1.54) is 45.2 Å². The van der Waals surface area contributed by atoms with Crippen molar-refractivity contribution in [1.82, 2.24) is 10.2 Å². The molecule has 1 unspecified atom stereocenters. The van der Waals surface area contributed by atoms with E-state index in [0.29, 0.717) is 0 Å². The predicted molar refractivity (Wildman–Crippen MR) is 85.6 cm³/mol. The zero-order valence-corrected chi connectivity index (χ0v) is 13.7. The number of unbranched alkanes of at least 4 members (excludes halogenated alkanes) is 1. The highest BCUT2D eigenvalue weighted by atomic mass is 15.1. The first-order chi connectivity index (χ1) is 9.59. The maximum absolute atomic E-state index is 9.29. The van der Waals surface area contributed by atoms with Gasteiger partial charge in [0.15, 0.2) is 0 Å². The molecule has 0 aromatic carbocycles. The summed E-state index contributed by atoms with van der Waals surface area (Å²) in [4.78, 5) is 2.49. The molecule has 116 valence electrons. The molecule has 0 bridgehead atoms. The summed E-state index contributed by atoms with van der Waals surface area (Å²) in [6.45, 7) is 7.55. The smallest absolute Gasteiger partial charge is 0.103 e. The van der Waals surface area contributed by atoms with Crippen molar-refractivity contribution in [3.05, 3.63) is 0 Å². The van der Waals surface area contributed by atoms with Crippen molar-refractivity contribution in [2.45, 2.75) is 70.8 Å². The molecule has 0 aromatic rings. The van der Waals surface area contributed by atoms with Crippen LogP contribution in [-0.4, -0.2) is 37.1 Å². The number of hydrogen-bond donors (Lipinski definition) is 1. The van der Waals surface area contributed by atoms with Crippen molar-refractivity contribution in [3.8, 4) is 6.07 Å². The van der Waals surface area contributed by atoms with E-state index in [-0.39, 0.29) is 5.54 Å². The largest absolute Gasteiger partial charge is 0.306 e. The molecule has 20 heavy (non-hydrogen) atoms. The number of nitrogens with zero attached hydrogens (tertiary/aromatic N) is 2. The lowest BCUT2D eigenvalue weighted by molar-refractivity contribution is 0.268. The number of nitrogens with one attached hydrogen (secondary N) is 1. The average molecular weight is 279 g/mol. The summed E-state index contributed by atoms with van der Waals surface area (Å²) >= 11 is 0. The Balaban J connectivity index is 2.11. The van der Waals surface area contributed by atoms with Gasteiger partial charge in [0.2, 0.25) is 0 Å². The molecule has 1 N–H and O–H groups in total. The summed E-state index contributed by atoms with van der Waals surface area (Å²) in [7, 11) is 2.25. The van der Waals surface area contributed by atoms with Gasteiger partial charge in [-0.1, -0.05) is 19.8 Å². The third-order valence-corrected chi connectivity index (χ3v) is 4.52. The Kier molecular flexibility index (Phi) is 8.18. The van der Waals surface area contributed by atoms with Crippen LogP contribution in [-0.2, 0) is 0 Å². The number of rotatable bonds is 10. The van der Waals surface area contributed by atoms with Crippen LogP contribution in [0.1, 0.15) is 65.2 Å². The lowest BCUT2D eigenvalue weighted by Crippen LogP contribution is -2.41. The molecule has 1 atom stereocenters. The molecule has 0 radical (unpaired) electrons. The van der Waals surface area contributed by atoms with Gasteiger partial charge in [-0.05, 0) is 71.5 Å². The maximum Gasteiger partial charge on any atom is 0.103 e. The molecule has 1 rings (SSSR count). The van der Waals surface area contributed by atoms with Gasteiger partial charge in [0, 0.05) is 6.54 Å². The van der Waals surface area contributed by atoms with E-state index in [1.807, 2.05) is 6.92 Å².